The van der Waals surface area contributed by atoms with Gasteiger partial charge in [-0.05, 0) is 35.5 Å². The van der Waals surface area contributed by atoms with E-state index in [4.69, 9.17) is 10.4 Å². The van der Waals surface area contributed by atoms with Gasteiger partial charge in [-0.2, -0.15) is 5.26 Å². The fraction of sp³-hybridized carbons (Fsp3) is 0.0769. The number of benzene rings is 1. The molecule has 1 saturated heterocycles. The first-order chi connectivity index (χ1) is 9.51. The summed E-state index contributed by atoms with van der Waals surface area (Å²) in [6.45, 7) is -0.643. The van der Waals surface area contributed by atoms with Gasteiger partial charge in [-0.15, -0.1) is 0 Å². The van der Waals surface area contributed by atoms with Crippen molar-refractivity contribution in [1.82, 2.24) is 4.90 Å². The average molecular weight is 288 g/mol. The topological polar surface area (TPSA) is 98.5 Å². The first kappa shape index (κ1) is 13.8. The Kier molecular flexibility index (Phi) is 3.86. The lowest BCUT2D eigenvalue weighted by Crippen LogP contribution is -2.33. The van der Waals surface area contributed by atoms with Crippen molar-refractivity contribution < 1.29 is 19.5 Å². The van der Waals surface area contributed by atoms with E-state index in [2.05, 4.69) is 0 Å². The molecule has 20 heavy (non-hydrogen) atoms. The largest absolute Gasteiger partial charge is 0.480 e. The molecule has 1 heterocycles. The van der Waals surface area contributed by atoms with Crippen LogP contribution in [-0.4, -0.2) is 33.7 Å². The standard InChI is InChI=1S/C13H8N2O4S/c14-6-9-3-1-8(2-4-9)5-10-12(18)15(7-11(16)17)13(19)20-10/h1-5H,7H2,(H,16,17)/b10-5+. The monoisotopic (exact) mass is 288 g/mol. The average Bonchev–Trinajstić information content (AvgIpc) is 2.67. The predicted octanol–water partition coefficient (Wildman–Crippen LogP) is 1.68. The number of carbonyl (C=O) groups excluding carboxylic acids is 2. The van der Waals surface area contributed by atoms with Crippen LogP contribution in [0.25, 0.3) is 6.08 Å². The van der Waals surface area contributed by atoms with Crippen LogP contribution >= 0.6 is 11.8 Å². The number of carbonyl (C=O) groups is 3. The Labute approximate surface area is 118 Å². The van der Waals surface area contributed by atoms with Crippen molar-refractivity contribution in [3.05, 3.63) is 40.3 Å². The molecule has 1 fully saturated rings. The molecule has 1 aromatic rings. The molecule has 1 aromatic carbocycles. The maximum atomic E-state index is 11.9. The predicted molar refractivity (Wildman–Crippen MR) is 71.5 cm³/mol. The number of amides is 2. The number of carboxylic acids is 1. The second-order valence-corrected chi connectivity index (χ2v) is 4.89. The molecule has 2 rings (SSSR count). The van der Waals surface area contributed by atoms with Gasteiger partial charge in [0.2, 0.25) is 0 Å². The molecule has 0 radical (unpaired) electrons. The summed E-state index contributed by atoms with van der Waals surface area (Å²) in [6, 6.07) is 8.44. The van der Waals surface area contributed by atoms with Crippen LogP contribution in [0.3, 0.4) is 0 Å². The van der Waals surface area contributed by atoms with Crippen molar-refractivity contribution in [3.8, 4) is 6.07 Å². The van der Waals surface area contributed by atoms with E-state index in [9.17, 15) is 14.4 Å². The van der Waals surface area contributed by atoms with Gasteiger partial charge >= 0.3 is 5.97 Å². The molecule has 1 aliphatic heterocycles. The first-order valence-corrected chi connectivity index (χ1v) is 6.30. The molecular formula is C13H8N2O4S. The lowest BCUT2D eigenvalue weighted by Gasteiger charge is -2.07. The van der Waals surface area contributed by atoms with E-state index >= 15 is 0 Å². The van der Waals surface area contributed by atoms with Crippen LogP contribution in [0.5, 0.6) is 0 Å². The van der Waals surface area contributed by atoms with E-state index in [1.54, 1.807) is 24.3 Å². The maximum Gasteiger partial charge on any atom is 0.323 e. The lowest BCUT2D eigenvalue weighted by molar-refractivity contribution is -0.140. The summed E-state index contributed by atoms with van der Waals surface area (Å²) in [5, 5.41) is 16.7. The van der Waals surface area contributed by atoms with E-state index in [0.29, 0.717) is 27.8 Å². The van der Waals surface area contributed by atoms with Crippen molar-refractivity contribution >= 4 is 35.0 Å². The molecule has 0 aromatic heterocycles. The van der Waals surface area contributed by atoms with Gasteiger partial charge < -0.3 is 5.11 Å². The summed E-state index contributed by atoms with van der Waals surface area (Å²) in [5.41, 5.74) is 1.14. The summed E-state index contributed by atoms with van der Waals surface area (Å²) in [5.74, 6) is -1.86. The number of hydrogen-bond acceptors (Lipinski definition) is 5. The number of carboxylic acid groups (broad SMARTS) is 1. The zero-order valence-electron chi connectivity index (χ0n) is 10.1. The zero-order valence-corrected chi connectivity index (χ0v) is 10.9. The van der Waals surface area contributed by atoms with E-state index in [-0.39, 0.29) is 4.91 Å². The minimum atomic E-state index is -1.24. The molecule has 0 unspecified atom stereocenters. The van der Waals surface area contributed by atoms with E-state index in [1.165, 1.54) is 6.08 Å². The highest BCUT2D eigenvalue weighted by Crippen LogP contribution is 2.31. The third kappa shape index (κ3) is 2.87. The zero-order chi connectivity index (χ0) is 14.7. The second kappa shape index (κ2) is 5.59. The van der Waals surface area contributed by atoms with Gasteiger partial charge in [0.25, 0.3) is 11.1 Å². The molecule has 0 spiro atoms. The van der Waals surface area contributed by atoms with Crippen LogP contribution in [0.1, 0.15) is 11.1 Å². The van der Waals surface area contributed by atoms with Crippen LogP contribution in [0, 0.1) is 11.3 Å². The Morgan fingerprint density at radius 1 is 1.35 bits per heavy atom. The Bertz CT molecular complexity index is 658. The van der Waals surface area contributed by atoms with Crippen molar-refractivity contribution in [2.75, 3.05) is 6.54 Å². The van der Waals surface area contributed by atoms with Crippen LogP contribution in [0.15, 0.2) is 29.2 Å². The van der Waals surface area contributed by atoms with Crippen LogP contribution < -0.4 is 0 Å². The van der Waals surface area contributed by atoms with Gasteiger partial charge in [-0.3, -0.25) is 19.3 Å². The normalized spacial score (nSPS) is 16.6. The fourth-order valence-electron chi connectivity index (χ4n) is 1.58. The third-order valence-corrected chi connectivity index (χ3v) is 3.41. The highest BCUT2D eigenvalue weighted by Gasteiger charge is 2.36. The smallest absolute Gasteiger partial charge is 0.323 e. The highest BCUT2D eigenvalue weighted by atomic mass is 32.2. The number of hydrogen-bond donors (Lipinski definition) is 1. The third-order valence-electron chi connectivity index (χ3n) is 2.50. The van der Waals surface area contributed by atoms with Crippen LogP contribution in [0.2, 0.25) is 0 Å². The molecule has 2 amide bonds. The number of thioether (sulfide) groups is 1. The van der Waals surface area contributed by atoms with Gasteiger partial charge in [0.15, 0.2) is 0 Å². The summed E-state index contributed by atoms with van der Waals surface area (Å²) in [6.07, 6.45) is 1.49. The van der Waals surface area contributed by atoms with Gasteiger partial charge in [0, 0.05) is 0 Å². The quantitative estimate of drug-likeness (QED) is 0.850. The lowest BCUT2D eigenvalue weighted by atomic mass is 10.1. The van der Waals surface area contributed by atoms with Crippen molar-refractivity contribution in [2.24, 2.45) is 0 Å². The van der Waals surface area contributed by atoms with Crippen molar-refractivity contribution in [2.45, 2.75) is 0 Å². The van der Waals surface area contributed by atoms with Crippen LogP contribution in [0.4, 0.5) is 4.79 Å². The molecule has 0 aliphatic carbocycles. The number of imide groups is 1. The first-order valence-electron chi connectivity index (χ1n) is 5.48. The Morgan fingerprint density at radius 2 is 2.00 bits per heavy atom. The van der Waals surface area contributed by atoms with Gasteiger partial charge in [-0.1, -0.05) is 12.1 Å². The molecule has 1 N–H and O–H groups in total. The number of aliphatic carboxylic acids is 1. The molecule has 7 heteroatoms. The molecule has 0 saturated carbocycles. The minimum Gasteiger partial charge on any atom is -0.480 e. The van der Waals surface area contributed by atoms with Crippen molar-refractivity contribution in [3.63, 3.8) is 0 Å². The molecule has 1 aliphatic rings. The molecule has 100 valence electrons. The maximum absolute atomic E-state index is 11.9. The fourth-order valence-corrected chi connectivity index (χ4v) is 2.42. The summed E-state index contributed by atoms with van der Waals surface area (Å²) in [4.78, 5) is 34.8. The summed E-state index contributed by atoms with van der Waals surface area (Å²) >= 11 is 0.699. The number of rotatable bonds is 3. The van der Waals surface area contributed by atoms with Gasteiger partial charge in [-0.25, -0.2) is 0 Å². The SMILES string of the molecule is N#Cc1ccc(/C=C2/SC(=O)N(CC(=O)O)C2=O)cc1. The van der Waals surface area contributed by atoms with E-state index < -0.39 is 23.7 Å². The van der Waals surface area contributed by atoms with Gasteiger partial charge in [0.1, 0.15) is 6.54 Å². The second-order valence-electron chi connectivity index (χ2n) is 3.90. The molecule has 0 bridgehead atoms. The number of nitrogens with zero attached hydrogens (tertiary/aromatic N) is 2. The number of nitriles is 1. The Morgan fingerprint density at radius 3 is 2.55 bits per heavy atom. The van der Waals surface area contributed by atoms with Gasteiger partial charge in [0.05, 0.1) is 16.5 Å². The minimum absolute atomic E-state index is 0.168. The Balaban J connectivity index is 2.23. The van der Waals surface area contributed by atoms with E-state index in [1.807, 2.05) is 6.07 Å². The van der Waals surface area contributed by atoms with Crippen LogP contribution in [-0.2, 0) is 9.59 Å². The molecular weight excluding hydrogens is 280 g/mol. The van der Waals surface area contributed by atoms with E-state index in [0.717, 1.165) is 0 Å². The summed E-state index contributed by atoms with van der Waals surface area (Å²) in [7, 11) is 0. The molecule has 6 nitrogen and oxygen atoms in total. The summed E-state index contributed by atoms with van der Waals surface area (Å²) < 4.78 is 0. The molecule has 0 atom stereocenters. The highest BCUT2D eigenvalue weighted by molar-refractivity contribution is 8.18. The Hall–Kier alpha value is -2.59. The van der Waals surface area contributed by atoms with Crippen molar-refractivity contribution in [1.29, 1.82) is 5.26 Å².